The average Bonchev–Trinajstić information content (AvgIpc) is 3.09. The third kappa shape index (κ3) is 4.75. The number of methoxy groups -OCH3 is 1. The second-order valence-electron chi connectivity index (χ2n) is 7.89. The van der Waals surface area contributed by atoms with Gasteiger partial charge in [0.2, 0.25) is 0 Å². The molecule has 1 saturated heterocycles. The van der Waals surface area contributed by atoms with Crippen LogP contribution in [0.15, 0.2) is 24.3 Å². The summed E-state index contributed by atoms with van der Waals surface area (Å²) < 4.78 is 23.4. The van der Waals surface area contributed by atoms with Crippen molar-refractivity contribution in [3.8, 4) is 5.75 Å². The maximum absolute atomic E-state index is 6.31. The van der Waals surface area contributed by atoms with Crippen molar-refractivity contribution < 1.29 is 18.9 Å². The maximum atomic E-state index is 6.31. The first-order valence-electron chi connectivity index (χ1n) is 9.59. The van der Waals surface area contributed by atoms with Crippen LogP contribution >= 0.6 is 0 Å². The summed E-state index contributed by atoms with van der Waals surface area (Å²) in [5.41, 5.74) is 1.02. The molecule has 0 amide bonds. The fraction of sp³-hybridized carbons (Fsp3) is 0.714. The summed E-state index contributed by atoms with van der Waals surface area (Å²) in [6.07, 6.45) is 3.83. The molecule has 0 spiro atoms. The summed E-state index contributed by atoms with van der Waals surface area (Å²) >= 11 is 0. The largest absolute Gasteiger partial charge is 0.497 e. The highest BCUT2D eigenvalue weighted by molar-refractivity contribution is 5.28. The lowest BCUT2D eigenvalue weighted by Crippen LogP contribution is -2.36. The Hall–Kier alpha value is -1.10. The molecule has 0 aromatic heterocycles. The minimum Gasteiger partial charge on any atom is -0.497 e. The van der Waals surface area contributed by atoms with E-state index in [1.54, 1.807) is 7.11 Å². The molecule has 4 nitrogen and oxygen atoms in total. The molecule has 0 N–H and O–H groups in total. The summed E-state index contributed by atoms with van der Waals surface area (Å²) in [6.45, 7) is 8.16. The summed E-state index contributed by atoms with van der Waals surface area (Å²) in [7, 11) is 1.67. The van der Waals surface area contributed by atoms with Crippen molar-refractivity contribution in [3.63, 3.8) is 0 Å². The Bertz CT molecular complexity index is 527. The third-order valence-electron chi connectivity index (χ3n) is 5.60. The van der Waals surface area contributed by atoms with Gasteiger partial charge in [-0.3, -0.25) is 0 Å². The Labute approximate surface area is 151 Å². The molecule has 5 unspecified atom stereocenters. The Morgan fingerprint density at radius 3 is 2.60 bits per heavy atom. The van der Waals surface area contributed by atoms with Crippen LogP contribution < -0.4 is 4.74 Å². The van der Waals surface area contributed by atoms with Crippen LogP contribution in [-0.2, 0) is 14.2 Å². The van der Waals surface area contributed by atoms with Gasteiger partial charge in [-0.05, 0) is 42.7 Å². The summed E-state index contributed by atoms with van der Waals surface area (Å²) in [4.78, 5) is 0. The predicted molar refractivity (Wildman–Crippen MR) is 97.6 cm³/mol. The minimum atomic E-state index is -0.300. The number of hydrogen-bond acceptors (Lipinski definition) is 4. The predicted octanol–water partition coefficient (Wildman–Crippen LogP) is 4.59. The first kappa shape index (κ1) is 18.7. The van der Waals surface area contributed by atoms with Crippen LogP contribution in [0.5, 0.6) is 5.75 Å². The highest BCUT2D eigenvalue weighted by Gasteiger charge is 2.33. The molecule has 140 valence electrons. The van der Waals surface area contributed by atoms with Gasteiger partial charge in [0.25, 0.3) is 0 Å². The van der Waals surface area contributed by atoms with E-state index < -0.39 is 0 Å². The normalized spacial score (nSPS) is 32.9. The van der Waals surface area contributed by atoms with Crippen molar-refractivity contribution >= 4 is 0 Å². The molecular formula is C21H32O4. The van der Waals surface area contributed by atoms with Crippen LogP contribution in [0.3, 0.4) is 0 Å². The highest BCUT2D eigenvalue weighted by Crippen LogP contribution is 2.36. The minimum absolute atomic E-state index is 0.0112. The Kier molecular flexibility index (Phi) is 6.37. The van der Waals surface area contributed by atoms with E-state index in [1.165, 1.54) is 19.3 Å². The highest BCUT2D eigenvalue weighted by atomic mass is 16.7. The van der Waals surface area contributed by atoms with Crippen LogP contribution in [0.25, 0.3) is 0 Å². The zero-order chi connectivity index (χ0) is 17.8. The van der Waals surface area contributed by atoms with Crippen molar-refractivity contribution in [3.05, 3.63) is 29.8 Å². The molecule has 1 heterocycles. The lowest BCUT2D eigenvalue weighted by Gasteiger charge is -2.37. The topological polar surface area (TPSA) is 36.9 Å². The molecule has 1 aliphatic heterocycles. The van der Waals surface area contributed by atoms with E-state index in [0.717, 1.165) is 17.2 Å². The molecule has 1 aromatic rings. The van der Waals surface area contributed by atoms with Crippen molar-refractivity contribution in [1.82, 2.24) is 0 Å². The third-order valence-corrected chi connectivity index (χ3v) is 5.60. The second kappa shape index (κ2) is 8.52. The molecule has 0 bridgehead atoms. The van der Waals surface area contributed by atoms with E-state index in [4.69, 9.17) is 18.9 Å². The first-order chi connectivity index (χ1) is 12.1. The van der Waals surface area contributed by atoms with Gasteiger partial charge in [-0.1, -0.05) is 39.3 Å². The molecule has 2 fully saturated rings. The molecule has 1 aromatic carbocycles. The Morgan fingerprint density at radius 2 is 1.92 bits per heavy atom. The lowest BCUT2D eigenvalue weighted by molar-refractivity contribution is -0.0993. The molecule has 3 rings (SSSR count). The van der Waals surface area contributed by atoms with Crippen LogP contribution in [0.1, 0.15) is 51.9 Å². The molecule has 0 radical (unpaired) electrons. The fourth-order valence-corrected chi connectivity index (χ4v) is 4.01. The van der Waals surface area contributed by atoms with Gasteiger partial charge < -0.3 is 18.9 Å². The molecule has 1 saturated carbocycles. The molecule has 4 heteroatoms. The Balaban J connectivity index is 1.50. The number of ether oxygens (including phenoxy) is 4. The average molecular weight is 348 g/mol. The monoisotopic (exact) mass is 348 g/mol. The van der Waals surface area contributed by atoms with Crippen molar-refractivity contribution in [2.75, 3.05) is 20.3 Å². The molecule has 25 heavy (non-hydrogen) atoms. The summed E-state index contributed by atoms with van der Waals surface area (Å²) in [5.74, 6) is 2.93. The zero-order valence-electron chi connectivity index (χ0n) is 15.9. The zero-order valence-corrected chi connectivity index (χ0v) is 15.9. The molecule has 5 atom stereocenters. The lowest BCUT2D eigenvalue weighted by atomic mass is 9.75. The quantitative estimate of drug-likeness (QED) is 0.754. The van der Waals surface area contributed by atoms with Crippen molar-refractivity contribution in [2.45, 2.75) is 58.5 Å². The van der Waals surface area contributed by atoms with E-state index >= 15 is 0 Å². The number of rotatable bonds is 6. The SMILES string of the molecule is COc1ccc(C2OCC(COC3CC(C)CCC3C(C)C)O2)cc1. The number of benzene rings is 1. The molecular weight excluding hydrogens is 316 g/mol. The van der Waals surface area contributed by atoms with E-state index in [9.17, 15) is 0 Å². The smallest absolute Gasteiger partial charge is 0.184 e. The van der Waals surface area contributed by atoms with Crippen LogP contribution in [0, 0.1) is 17.8 Å². The summed E-state index contributed by atoms with van der Waals surface area (Å²) in [6, 6.07) is 7.85. The van der Waals surface area contributed by atoms with E-state index in [2.05, 4.69) is 20.8 Å². The standard InChI is InChI=1S/C21H32O4/c1-14(2)19-10-5-15(3)11-20(19)23-12-18-13-24-21(25-18)16-6-8-17(22-4)9-7-16/h6-9,14-15,18-21H,5,10-13H2,1-4H3. The van der Waals surface area contributed by atoms with Gasteiger partial charge >= 0.3 is 0 Å². The maximum Gasteiger partial charge on any atom is 0.184 e. The van der Waals surface area contributed by atoms with Crippen LogP contribution in [-0.4, -0.2) is 32.5 Å². The van der Waals surface area contributed by atoms with Crippen molar-refractivity contribution in [2.24, 2.45) is 17.8 Å². The van der Waals surface area contributed by atoms with Gasteiger partial charge in [0.05, 0.1) is 26.4 Å². The second-order valence-corrected chi connectivity index (χ2v) is 7.89. The van der Waals surface area contributed by atoms with Gasteiger partial charge in [0, 0.05) is 5.56 Å². The van der Waals surface area contributed by atoms with Gasteiger partial charge in [-0.15, -0.1) is 0 Å². The first-order valence-corrected chi connectivity index (χ1v) is 9.59. The van der Waals surface area contributed by atoms with E-state index in [-0.39, 0.29) is 12.4 Å². The fourth-order valence-electron chi connectivity index (χ4n) is 4.01. The van der Waals surface area contributed by atoms with Gasteiger partial charge in [0.1, 0.15) is 11.9 Å². The van der Waals surface area contributed by atoms with Gasteiger partial charge in [-0.2, -0.15) is 0 Å². The molecule has 2 aliphatic rings. The summed E-state index contributed by atoms with van der Waals surface area (Å²) in [5, 5.41) is 0. The van der Waals surface area contributed by atoms with E-state index in [0.29, 0.717) is 31.2 Å². The number of hydrogen-bond donors (Lipinski definition) is 0. The van der Waals surface area contributed by atoms with Gasteiger partial charge in [-0.25, -0.2) is 0 Å². The van der Waals surface area contributed by atoms with Crippen LogP contribution in [0.2, 0.25) is 0 Å². The Morgan fingerprint density at radius 1 is 1.16 bits per heavy atom. The molecule has 1 aliphatic carbocycles. The van der Waals surface area contributed by atoms with E-state index in [1.807, 2.05) is 24.3 Å². The van der Waals surface area contributed by atoms with Crippen LogP contribution in [0.4, 0.5) is 0 Å². The van der Waals surface area contributed by atoms with Gasteiger partial charge in [0.15, 0.2) is 6.29 Å². The van der Waals surface area contributed by atoms with Crippen molar-refractivity contribution in [1.29, 1.82) is 0 Å².